The summed E-state index contributed by atoms with van der Waals surface area (Å²) < 4.78 is 2.75. The largest absolute Gasteiger partial charge is 0.326 e. The molecule has 0 atom stereocenters. The lowest BCUT2D eigenvalue weighted by Crippen LogP contribution is -2.33. The van der Waals surface area contributed by atoms with Gasteiger partial charge in [0, 0.05) is 29.8 Å². The van der Waals surface area contributed by atoms with Crippen molar-refractivity contribution in [3.05, 3.63) is 24.3 Å². The number of imidazole rings is 1. The van der Waals surface area contributed by atoms with Crippen molar-refractivity contribution in [2.45, 2.75) is 49.8 Å². The van der Waals surface area contributed by atoms with E-state index in [1.54, 1.807) is 0 Å². The Morgan fingerprint density at radius 2 is 2.14 bits per heavy atom. The summed E-state index contributed by atoms with van der Waals surface area (Å²) >= 11 is 8.00. The van der Waals surface area contributed by atoms with Crippen molar-refractivity contribution in [2.24, 2.45) is 0 Å². The van der Waals surface area contributed by atoms with Gasteiger partial charge in [-0.1, -0.05) is 19.3 Å². The smallest absolute Gasteiger partial charge is 0.111 e. The van der Waals surface area contributed by atoms with Gasteiger partial charge in [-0.3, -0.25) is 4.98 Å². The molecule has 2 aromatic rings. The third kappa shape index (κ3) is 3.07. The first kappa shape index (κ1) is 15.2. The number of aryl methyl sites for hydroxylation is 1. The highest BCUT2D eigenvalue weighted by atomic mass is 35.5. The molecule has 0 amide bonds. The Morgan fingerprint density at radius 3 is 2.86 bits per heavy atom. The molecule has 0 aliphatic heterocycles. The van der Waals surface area contributed by atoms with Crippen LogP contribution in [0.5, 0.6) is 0 Å². The number of thioether (sulfide) groups is 1. The van der Waals surface area contributed by atoms with Gasteiger partial charge in [0.25, 0.3) is 0 Å². The van der Waals surface area contributed by atoms with E-state index in [1.165, 1.54) is 37.6 Å². The summed E-state index contributed by atoms with van der Waals surface area (Å²) in [5, 5.41) is 0. The lowest BCUT2D eigenvalue weighted by Gasteiger charge is -2.36. The Kier molecular flexibility index (Phi) is 4.75. The maximum atomic E-state index is 5.97. The predicted octanol–water partition coefficient (Wildman–Crippen LogP) is 4.28. The number of hydrogen-bond donors (Lipinski definition) is 0. The number of rotatable bonds is 5. The van der Waals surface area contributed by atoms with Crippen molar-refractivity contribution in [3.8, 4) is 0 Å². The molecule has 1 aliphatic carbocycles. The molecule has 3 nitrogen and oxygen atoms in total. The van der Waals surface area contributed by atoms with E-state index in [4.69, 9.17) is 16.6 Å². The summed E-state index contributed by atoms with van der Waals surface area (Å²) in [7, 11) is 0. The zero-order chi connectivity index (χ0) is 14.7. The van der Waals surface area contributed by atoms with Gasteiger partial charge in [-0.05, 0) is 25.2 Å². The van der Waals surface area contributed by atoms with Gasteiger partial charge >= 0.3 is 0 Å². The van der Waals surface area contributed by atoms with Crippen LogP contribution in [-0.2, 0) is 13.0 Å². The molecule has 0 bridgehead atoms. The van der Waals surface area contributed by atoms with Gasteiger partial charge in [-0.2, -0.15) is 11.8 Å². The predicted molar refractivity (Wildman–Crippen MR) is 91.3 cm³/mol. The molecular weight excluding hydrogens is 302 g/mol. The minimum absolute atomic E-state index is 0.357. The number of nitrogens with zero attached hydrogens (tertiary/aromatic N) is 3. The van der Waals surface area contributed by atoms with Crippen molar-refractivity contribution in [3.63, 3.8) is 0 Å². The molecule has 0 N–H and O–H groups in total. The Balaban J connectivity index is 1.99. The molecule has 0 saturated heterocycles. The van der Waals surface area contributed by atoms with E-state index in [0.29, 0.717) is 10.6 Å². The minimum atomic E-state index is 0.357. The maximum absolute atomic E-state index is 5.97. The second kappa shape index (κ2) is 6.57. The molecule has 5 heteroatoms. The molecule has 2 heterocycles. The average Bonchev–Trinajstić information content (AvgIpc) is 2.86. The Hall–Kier alpha value is -0.740. The number of pyridine rings is 1. The van der Waals surface area contributed by atoms with E-state index in [1.807, 2.05) is 24.2 Å². The van der Waals surface area contributed by atoms with Crippen LogP contribution in [0.15, 0.2) is 18.5 Å². The van der Waals surface area contributed by atoms with Gasteiger partial charge < -0.3 is 4.57 Å². The first-order valence-corrected chi connectivity index (χ1v) is 9.44. The zero-order valence-corrected chi connectivity index (χ0v) is 14.1. The standard InChI is InChI=1S/C16H22ClN3S/c1-21-16(7-3-2-4-8-16)12-20-14-6-10-18-11-13(14)19-15(20)5-9-17/h6,10-11H,2-5,7-9,12H2,1H3. The lowest BCUT2D eigenvalue weighted by molar-refractivity contribution is 0.358. The molecule has 21 heavy (non-hydrogen) atoms. The Morgan fingerprint density at radius 1 is 1.33 bits per heavy atom. The van der Waals surface area contributed by atoms with Crippen LogP contribution in [0.3, 0.4) is 0 Å². The van der Waals surface area contributed by atoms with Crippen LogP contribution in [-0.4, -0.2) is 31.4 Å². The van der Waals surface area contributed by atoms with Gasteiger partial charge in [-0.15, -0.1) is 11.6 Å². The van der Waals surface area contributed by atoms with Gasteiger partial charge in [0.15, 0.2) is 0 Å². The highest BCUT2D eigenvalue weighted by Gasteiger charge is 2.32. The molecule has 0 aromatic carbocycles. The van der Waals surface area contributed by atoms with Crippen LogP contribution in [0.4, 0.5) is 0 Å². The molecule has 1 aliphatic rings. The second-order valence-corrected chi connectivity index (χ2v) is 7.52. The van der Waals surface area contributed by atoms with Crippen molar-refractivity contribution in [2.75, 3.05) is 12.1 Å². The fourth-order valence-corrected chi connectivity index (χ4v) is 4.52. The average molecular weight is 324 g/mol. The number of halogens is 1. The maximum Gasteiger partial charge on any atom is 0.111 e. The number of fused-ring (bicyclic) bond motifs is 1. The zero-order valence-electron chi connectivity index (χ0n) is 12.5. The third-order valence-electron chi connectivity index (χ3n) is 4.59. The lowest BCUT2D eigenvalue weighted by atomic mass is 9.88. The number of hydrogen-bond acceptors (Lipinski definition) is 3. The number of alkyl halides is 1. The van der Waals surface area contributed by atoms with Crippen LogP contribution < -0.4 is 0 Å². The summed E-state index contributed by atoms with van der Waals surface area (Å²) in [6, 6.07) is 2.08. The van der Waals surface area contributed by atoms with Crippen LogP contribution in [0.25, 0.3) is 11.0 Å². The van der Waals surface area contributed by atoms with Gasteiger partial charge in [0.05, 0.1) is 11.7 Å². The molecule has 0 spiro atoms. The summed E-state index contributed by atoms with van der Waals surface area (Å²) in [5.74, 6) is 1.72. The molecule has 2 aromatic heterocycles. The van der Waals surface area contributed by atoms with E-state index in [0.717, 1.165) is 24.3 Å². The van der Waals surface area contributed by atoms with Crippen molar-refractivity contribution in [1.29, 1.82) is 0 Å². The quantitative estimate of drug-likeness (QED) is 0.769. The van der Waals surface area contributed by atoms with Crippen molar-refractivity contribution < 1.29 is 0 Å². The highest BCUT2D eigenvalue weighted by molar-refractivity contribution is 8.00. The van der Waals surface area contributed by atoms with Crippen LogP contribution >= 0.6 is 23.4 Å². The SMILES string of the molecule is CSC1(Cn2c(CCCl)nc3cnccc32)CCCCC1. The fourth-order valence-electron chi connectivity index (χ4n) is 3.39. The minimum Gasteiger partial charge on any atom is -0.326 e. The molecule has 0 unspecified atom stereocenters. The van der Waals surface area contributed by atoms with E-state index in [2.05, 4.69) is 21.9 Å². The first-order valence-electron chi connectivity index (χ1n) is 7.68. The third-order valence-corrected chi connectivity index (χ3v) is 6.18. The van der Waals surface area contributed by atoms with Crippen molar-refractivity contribution >= 4 is 34.4 Å². The van der Waals surface area contributed by atoms with Crippen LogP contribution in [0, 0.1) is 0 Å². The highest BCUT2D eigenvalue weighted by Crippen LogP contribution is 2.40. The first-order chi connectivity index (χ1) is 10.3. The van der Waals surface area contributed by atoms with Gasteiger partial charge in [0.1, 0.15) is 11.3 Å². The molecule has 3 rings (SSSR count). The molecule has 1 fully saturated rings. The Labute approximate surface area is 135 Å². The van der Waals surface area contributed by atoms with E-state index in [9.17, 15) is 0 Å². The van der Waals surface area contributed by atoms with E-state index >= 15 is 0 Å². The summed E-state index contributed by atoms with van der Waals surface area (Å²) in [5.41, 5.74) is 2.19. The topological polar surface area (TPSA) is 30.7 Å². The monoisotopic (exact) mass is 323 g/mol. The normalized spacial score (nSPS) is 18.2. The molecule has 0 radical (unpaired) electrons. The summed E-state index contributed by atoms with van der Waals surface area (Å²) in [4.78, 5) is 8.94. The second-order valence-electron chi connectivity index (χ2n) is 5.87. The van der Waals surface area contributed by atoms with E-state index < -0.39 is 0 Å². The van der Waals surface area contributed by atoms with Gasteiger partial charge in [0.2, 0.25) is 0 Å². The molecule has 1 saturated carbocycles. The molecular formula is C16H22ClN3S. The van der Waals surface area contributed by atoms with Crippen LogP contribution in [0.1, 0.15) is 37.9 Å². The van der Waals surface area contributed by atoms with Crippen molar-refractivity contribution in [1.82, 2.24) is 14.5 Å². The fraction of sp³-hybridized carbons (Fsp3) is 0.625. The number of aromatic nitrogens is 3. The summed E-state index contributed by atoms with van der Waals surface area (Å²) in [6.07, 6.45) is 13.5. The Bertz CT molecular complexity index is 605. The van der Waals surface area contributed by atoms with Gasteiger partial charge in [-0.25, -0.2) is 4.98 Å². The summed E-state index contributed by atoms with van der Waals surface area (Å²) in [6.45, 7) is 1.04. The van der Waals surface area contributed by atoms with Crippen LogP contribution in [0.2, 0.25) is 0 Å². The van der Waals surface area contributed by atoms with E-state index in [-0.39, 0.29) is 0 Å². The molecule has 114 valence electrons.